The maximum Gasteiger partial charge on any atom is 0.249 e. The molecule has 1 heterocycles. The quantitative estimate of drug-likeness (QED) is 0.673. The van der Waals surface area contributed by atoms with Gasteiger partial charge < -0.3 is 16.0 Å². The van der Waals surface area contributed by atoms with Gasteiger partial charge >= 0.3 is 0 Å². The second-order valence-corrected chi connectivity index (χ2v) is 5.80. The molecule has 4 nitrogen and oxygen atoms in total. The Morgan fingerprint density at radius 3 is 2.54 bits per heavy atom. The summed E-state index contributed by atoms with van der Waals surface area (Å²) in [4.78, 5) is 15.0. The summed E-state index contributed by atoms with van der Waals surface area (Å²) in [5.41, 5.74) is 10.3. The van der Waals surface area contributed by atoms with Gasteiger partial charge in [-0.3, -0.25) is 4.79 Å². The molecular weight excluding hydrogens is 305 g/mol. The number of carbonyl (C=O) groups is 1. The minimum atomic E-state index is -0.621. The number of aromatic amines is 1. The molecule has 0 unspecified atom stereocenters. The van der Waals surface area contributed by atoms with Crippen LogP contribution in [0.2, 0.25) is 0 Å². The summed E-state index contributed by atoms with van der Waals surface area (Å²) in [7, 11) is 1.90. The lowest BCUT2D eigenvalue weighted by Gasteiger charge is -2.06. The van der Waals surface area contributed by atoms with E-state index in [1.54, 1.807) is 0 Å². The Morgan fingerprint density at radius 2 is 1.96 bits per heavy atom. The molecule has 0 aliphatic carbocycles. The van der Waals surface area contributed by atoms with E-state index >= 15 is 0 Å². The fraction of sp³-hybridized carbons (Fsp3) is 0.211. The molecule has 0 atom stereocenters. The topological polar surface area (TPSA) is 70.9 Å². The largest absolute Gasteiger partial charge is 0.366 e. The van der Waals surface area contributed by atoms with E-state index in [1.165, 1.54) is 17.7 Å². The Balaban J connectivity index is 2.21. The van der Waals surface area contributed by atoms with E-state index in [2.05, 4.69) is 10.3 Å². The third kappa shape index (κ3) is 2.78. The minimum Gasteiger partial charge on any atom is -0.366 e. The lowest BCUT2D eigenvalue weighted by atomic mass is 9.99. The molecule has 0 aliphatic rings. The first-order valence-electron chi connectivity index (χ1n) is 7.93. The van der Waals surface area contributed by atoms with Crippen molar-refractivity contribution in [1.82, 2.24) is 10.3 Å². The van der Waals surface area contributed by atoms with Crippen LogP contribution in [0.4, 0.5) is 4.39 Å². The number of rotatable bonds is 5. The average molecular weight is 325 g/mol. The Morgan fingerprint density at radius 1 is 1.25 bits per heavy atom. The Bertz CT molecular complexity index is 897. The van der Waals surface area contributed by atoms with E-state index in [0.29, 0.717) is 17.3 Å². The number of carbonyl (C=O) groups excluding carboxylic acids is 1. The molecular formula is C19H20FN3O. The summed E-state index contributed by atoms with van der Waals surface area (Å²) < 4.78 is 13.8. The molecule has 5 heteroatoms. The number of nitrogens with two attached hydrogens (primary N) is 1. The van der Waals surface area contributed by atoms with Crippen LogP contribution in [0, 0.1) is 5.82 Å². The van der Waals surface area contributed by atoms with Gasteiger partial charge in [0.05, 0.1) is 5.56 Å². The Labute approximate surface area is 139 Å². The second-order valence-electron chi connectivity index (χ2n) is 5.80. The average Bonchev–Trinajstić information content (AvgIpc) is 2.93. The van der Waals surface area contributed by atoms with Crippen LogP contribution >= 0.6 is 0 Å². The predicted octanol–water partition coefficient (Wildman–Crippen LogP) is 3.35. The van der Waals surface area contributed by atoms with Gasteiger partial charge in [-0.25, -0.2) is 4.39 Å². The van der Waals surface area contributed by atoms with Gasteiger partial charge in [-0.2, -0.15) is 0 Å². The lowest BCUT2D eigenvalue weighted by molar-refractivity contribution is 0.100. The summed E-state index contributed by atoms with van der Waals surface area (Å²) >= 11 is 0. The van der Waals surface area contributed by atoms with Crippen LogP contribution in [0.1, 0.15) is 28.4 Å². The first-order valence-corrected chi connectivity index (χ1v) is 7.93. The summed E-state index contributed by atoms with van der Waals surface area (Å²) in [5.74, 6) is -1.10. The van der Waals surface area contributed by atoms with E-state index in [1.807, 2.05) is 38.2 Å². The van der Waals surface area contributed by atoms with Crippen LogP contribution in [-0.2, 0) is 13.0 Å². The van der Waals surface area contributed by atoms with Crippen LogP contribution in [0.3, 0.4) is 0 Å². The van der Waals surface area contributed by atoms with Crippen molar-refractivity contribution < 1.29 is 9.18 Å². The SMILES string of the molecule is CCc1c(-c2ccc(CNC)cc2)[nH]c2cc(F)cc(C(N)=O)c12. The first kappa shape index (κ1) is 16.2. The van der Waals surface area contributed by atoms with Crippen molar-refractivity contribution in [2.24, 2.45) is 5.73 Å². The van der Waals surface area contributed by atoms with Crippen LogP contribution in [0.15, 0.2) is 36.4 Å². The monoisotopic (exact) mass is 325 g/mol. The summed E-state index contributed by atoms with van der Waals surface area (Å²) in [5, 5.41) is 3.82. The van der Waals surface area contributed by atoms with Crippen LogP contribution < -0.4 is 11.1 Å². The number of benzene rings is 2. The molecule has 0 aliphatic heterocycles. The number of hydrogen-bond donors (Lipinski definition) is 3. The van der Waals surface area contributed by atoms with Gasteiger partial charge in [0.25, 0.3) is 0 Å². The van der Waals surface area contributed by atoms with Crippen LogP contribution in [0.25, 0.3) is 22.2 Å². The molecule has 0 fully saturated rings. The molecule has 24 heavy (non-hydrogen) atoms. The van der Waals surface area contributed by atoms with Crippen molar-refractivity contribution >= 4 is 16.8 Å². The van der Waals surface area contributed by atoms with Crippen molar-refractivity contribution in [3.05, 3.63) is 58.9 Å². The second kappa shape index (κ2) is 6.45. The number of amides is 1. The van der Waals surface area contributed by atoms with E-state index < -0.39 is 11.7 Å². The fourth-order valence-electron chi connectivity index (χ4n) is 3.15. The van der Waals surface area contributed by atoms with Crippen molar-refractivity contribution in [2.45, 2.75) is 19.9 Å². The van der Waals surface area contributed by atoms with Crippen LogP contribution in [-0.4, -0.2) is 17.9 Å². The standard InChI is InChI=1S/C19H20FN3O/c1-3-14-17-15(19(21)24)8-13(20)9-16(17)23-18(14)12-6-4-11(5-7-12)10-22-2/h4-9,22-23H,3,10H2,1-2H3,(H2,21,24). The molecule has 3 aromatic rings. The lowest BCUT2D eigenvalue weighted by Crippen LogP contribution is -2.12. The number of primary amides is 1. The number of hydrogen-bond acceptors (Lipinski definition) is 2. The fourth-order valence-corrected chi connectivity index (χ4v) is 3.15. The number of nitrogens with one attached hydrogen (secondary N) is 2. The zero-order chi connectivity index (χ0) is 17.3. The van der Waals surface area contributed by atoms with Crippen molar-refractivity contribution in [3.63, 3.8) is 0 Å². The van der Waals surface area contributed by atoms with Gasteiger partial charge in [-0.1, -0.05) is 31.2 Å². The summed E-state index contributed by atoms with van der Waals surface area (Å²) in [6.07, 6.45) is 0.708. The number of aryl methyl sites for hydroxylation is 1. The highest BCUT2D eigenvalue weighted by atomic mass is 19.1. The molecule has 124 valence electrons. The number of aromatic nitrogens is 1. The molecule has 2 aromatic carbocycles. The van der Waals surface area contributed by atoms with Crippen molar-refractivity contribution in [3.8, 4) is 11.3 Å². The highest BCUT2D eigenvalue weighted by Gasteiger charge is 2.18. The molecule has 0 saturated carbocycles. The third-order valence-corrected chi connectivity index (χ3v) is 4.21. The summed E-state index contributed by atoms with van der Waals surface area (Å²) in [6.45, 7) is 2.81. The van der Waals surface area contributed by atoms with E-state index in [0.717, 1.165) is 23.4 Å². The third-order valence-electron chi connectivity index (χ3n) is 4.21. The number of halogens is 1. The normalized spacial score (nSPS) is 11.1. The van der Waals surface area contributed by atoms with Gasteiger partial charge in [0.15, 0.2) is 0 Å². The molecule has 1 amide bonds. The summed E-state index contributed by atoms with van der Waals surface area (Å²) in [6, 6.07) is 10.8. The first-order chi connectivity index (χ1) is 11.5. The molecule has 0 bridgehead atoms. The van der Waals surface area contributed by atoms with E-state index in [4.69, 9.17) is 5.73 Å². The highest BCUT2D eigenvalue weighted by molar-refractivity contribution is 6.08. The molecule has 3 rings (SSSR count). The van der Waals surface area contributed by atoms with Gasteiger partial charge in [-0.05, 0) is 42.3 Å². The van der Waals surface area contributed by atoms with Gasteiger partial charge in [0.1, 0.15) is 5.82 Å². The van der Waals surface area contributed by atoms with Gasteiger partial charge in [0.2, 0.25) is 5.91 Å². The molecule has 0 saturated heterocycles. The van der Waals surface area contributed by atoms with Crippen molar-refractivity contribution in [1.29, 1.82) is 0 Å². The molecule has 1 aromatic heterocycles. The predicted molar refractivity (Wildman–Crippen MR) is 94.4 cm³/mol. The van der Waals surface area contributed by atoms with Crippen LogP contribution in [0.5, 0.6) is 0 Å². The molecule has 0 spiro atoms. The van der Waals surface area contributed by atoms with Crippen molar-refractivity contribution in [2.75, 3.05) is 7.05 Å². The molecule has 0 radical (unpaired) electrons. The maximum atomic E-state index is 13.8. The van der Waals surface area contributed by atoms with E-state index in [9.17, 15) is 9.18 Å². The molecule has 4 N–H and O–H groups in total. The van der Waals surface area contributed by atoms with E-state index in [-0.39, 0.29) is 5.56 Å². The Kier molecular flexibility index (Phi) is 4.36. The number of fused-ring (bicyclic) bond motifs is 1. The number of H-pyrrole nitrogens is 1. The smallest absolute Gasteiger partial charge is 0.249 e. The van der Waals surface area contributed by atoms with Gasteiger partial charge in [-0.15, -0.1) is 0 Å². The minimum absolute atomic E-state index is 0.219. The highest BCUT2D eigenvalue weighted by Crippen LogP contribution is 2.33. The van der Waals surface area contributed by atoms with Gasteiger partial charge in [0, 0.05) is 23.1 Å². The zero-order valence-electron chi connectivity index (χ0n) is 13.7. The maximum absolute atomic E-state index is 13.8. The zero-order valence-corrected chi connectivity index (χ0v) is 13.7. The Hall–Kier alpha value is -2.66.